The molecule has 124 valence electrons. The standard InChI is InChI=1S/C19H26N2O2/c1-3-4-6-16-7-5-8-18(16)21-19(22)14(2)23-17-11-9-15(13-20)10-12-17/h9-12,14,16,18H,3-8H2,1-2H3,(H,21,22). The van der Waals surface area contributed by atoms with Crippen molar-refractivity contribution in [1.82, 2.24) is 5.32 Å². The molecule has 4 heteroatoms. The van der Waals surface area contributed by atoms with Gasteiger partial charge in [0.2, 0.25) is 0 Å². The number of benzene rings is 1. The van der Waals surface area contributed by atoms with Gasteiger partial charge < -0.3 is 10.1 Å². The van der Waals surface area contributed by atoms with Crippen molar-refractivity contribution in [3.63, 3.8) is 0 Å². The molecule has 0 radical (unpaired) electrons. The first-order valence-corrected chi connectivity index (χ1v) is 8.61. The summed E-state index contributed by atoms with van der Waals surface area (Å²) in [5.41, 5.74) is 0.583. The van der Waals surface area contributed by atoms with Crippen molar-refractivity contribution < 1.29 is 9.53 Å². The minimum atomic E-state index is -0.532. The average Bonchev–Trinajstić information content (AvgIpc) is 3.00. The number of amides is 1. The molecule has 0 spiro atoms. The third-order valence-corrected chi connectivity index (χ3v) is 4.58. The van der Waals surface area contributed by atoms with Gasteiger partial charge in [-0.2, -0.15) is 5.26 Å². The monoisotopic (exact) mass is 314 g/mol. The molecule has 0 heterocycles. The molecular weight excluding hydrogens is 288 g/mol. The minimum absolute atomic E-state index is 0.0530. The lowest BCUT2D eigenvalue weighted by Gasteiger charge is -2.23. The van der Waals surface area contributed by atoms with Crippen LogP contribution in [0.25, 0.3) is 0 Å². The maximum absolute atomic E-state index is 12.4. The van der Waals surface area contributed by atoms with E-state index >= 15 is 0 Å². The second-order valence-corrected chi connectivity index (χ2v) is 6.34. The summed E-state index contributed by atoms with van der Waals surface area (Å²) in [6, 6.07) is 9.19. The van der Waals surface area contributed by atoms with Crippen molar-refractivity contribution in [2.24, 2.45) is 5.92 Å². The third-order valence-electron chi connectivity index (χ3n) is 4.58. The van der Waals surface area contributed by atoms with Crippen molar-refractivity contribution in [2.75, 3.05) is 0 Å². The van der Waals surface area contributed by atoms with E-state index in [0.717, 1.165) is 6.42 Å². The zero-order chi connectivity index (χ0) is 16.7. The molecule has 3 atom stereocenters. The van der Waals surface area contributed by atoms with Crippen LogP contribution in [0.4, 0.5) is 0 Å². The number of nitriles is 1. The molecule has 0 aliphatic heterocycles. The average molecular weight is 314 g/mol. The summed E-state index contributed by atoms with van der Waals surface area (Å²) in [4.78, 5) is 12.4. The highest BCUT2D eigenvalue weighted by Gasteiger charge is 2.29. The summed E-state index contributed by atoms with van der Waals surface area (Å²) in [6.07, 6.45) is 6.59. The molecule has 1 N–H and O–H groups in total. The largest absolute Gasteiger partial charge is 0.481 e. The van der Waals surface area contributed by atoms with E-state index in [2.05, 4.69) is 18.3 Å². The van der Waals surface area contributed by atoms with Crippen LogP contribution >= 0.6 is 0 Å². The molecule has 2 rings (SSSR count). The molecule has 0 saturated heterocycles. The van der Waals surface area contributed by atoms with E-state index in [1.165, 1.54) is 32.1 Å². The van der Waals surface area contributed by atoms with Gasteiger partial charge >= 0.3 is 0 Å². The molecule has 1 fully saturated rings. The van der Waals surface area contributed by atoms with E-state index in [-0.39, 0.29) is 5.91 Å². The number of unbranched alkanes of at least 4 members (excludes halogenated alkanes) is 1. The highest BCUT2D eigenvalue weighted by Crippen LogP contribution is 2.30. The van der Waals surface area contributed by atoms with Crippen molar-refractivity contribution in [3.8, 4) is 11.8 Å². The van der Waals surface area contributed by atoms with Crippen molar-refractivity contribution in [2.45, 2.75) is 64.5 Å². The van der Waals surface area contributed by atoms with E-state index in [4.69, 9.17) is 10.00 Å². The lowest BCUT2D eigenvalue weighted by Crippen LogP contribution is -2.44. The Morgan fingerprint density at radius 3 is 2.78 bits per heavy atom. The van der Waals surface area contributed by atoms with Crippen molar-refractivity contribution in [1.29, 1.82) is 5.26 Å². The van der Waals surface area contributed by atoms with Crippen LogP contribution in [-0.4, -0.2) is 18.1 Å². The van der Waals surface area contributed by atoms with Crippen molar-refractivity contribution >= 4 is 5.91 Å². The Labute approximate surface area is 138 Å². The van der Waals surface area contributed by atoms with Crippen LogP contribution in [0.2, 0.25) is 0 Å². The van der Waals surface area contributed by atoms with Gasteiger partial charge in [0, 0.05) is 6.04 Å². The lowest BCUT2D eigenvalue weighted by atomic mass is 9.96. The predicted octanol–water partition coefficient (Wildman–Crippen LogP) is 3.80. The lowest BCUT2D eigenvalue weighted by molar-refractivity contribution is -0.128. The molecule has 23 heavy (non-hydrogen) atoms. The first kappa shape index (κ1) is 17.3. The molecule has 1 saturated carbocycles. The summed E-state index contributed by atoms with van der Waals surface area (Å²) < 4.78 is 5.68. The molecule has 1 aromatic carbocycles. The van der Waals surface area contributed by atoms with Crippen LogP contribution in [-0.2, 0) is 4.79 Å². The maximum atomic E-state index is 12.4. The second kappa shape index (κ2) is 8.57. The zero-order valence-corrected chi connectivity index (χ0v) is 14.0. The van der Waals surface area contributed by atoms with Crippen LogP contribution in [0.5, 0.6) is 5.75 Å². The first-order chi connectivity index (χ1) is 11.1. The quantitative estimate of drug-likeness (QED) is 0.832. The molecule has 1 amide bonds. The Bertz CT molecular complexity index is 547. The summed E-state index contributed by atoms with van der Waals surface area (Å²) in [7, 11) is 0. The SMILES string of the molecule is CCCCC1CCCC1NC(=O)C(C)Oc1ccc(C#N)cc1. The van der Waals surface area contributed by atoms with Gasteiger partial charge in [0.15, 0.2) is 6.10 Å². The number of carbonyl (C=O) groups excluding carboxylic acids is 1. The molecule has 1 aliphatic rings. The van der Waals surface area contributed by atoms with Crippen LogP contribution in [0.3, 0.4) is 0 Å². The molecule has 1 aromatic rings. The summed E-state index contributed by atoms with van der Waals surface area (Å²) >= 11 is 0. The van der Waals surface area contributed by atoms with Gasteiger partial charge in [0.05, 0.1) is 11.6 Å². The first-order valence-electron chi connectivity index (χ1n) is 8.61. The Morgan fingerprint density at radius 1 is 1.39 bits per heavy atom. The number of nitrogens with one attached hydrogen (secondary N) is 1. The molecule has 0 aromatic heterocycles. The van der Waals surface area contributed by atoms with E-state index in [1.54, 1.807) is 31.2 Å². The number of nitrogens with zero attached hydrogens (tertiary/aromatic N) is 1. The van der Waals surface area contributed by atoms with Gasteiger partial charge in [-0.15, -0.1) is 0 Å². The van der Waals surface area contributed by atoms with Gasteiger partial charge in [-0.25, -0.2) is 0 Å². The highest BCUT2D eigenvalue weighted by molar-refractivity contribution is 5.81. The Balaban J connectivity index is 1.85. The third kappa shape index (κ3) is 4.99. The Morgan fingerprint density at radius 2 is 2.13 bits per heavy atom. The Kier molecular flexibility index (Phi) is 6.46. The fourth-order valence-corrected chi connectivity index (χ4v) is 3.20. The van der Waals surface area contributed by atoms with Crippen LogP contribution in [0, 0.1) is 17.2 Å². The highest BCUT2D eigenvalue weighted by atomic mass is 16.5. The molecule has 0 bridgehead atoms. The minimum Gasteiger partial charge on any atom is -0.481 e. The van der Waals surface area contributed by atoms with Crippen molar-refractivity contribution in [3.05, 3.63) is 29.8 Å². The number of carbonyl (C=O) groups is 1. The molecule has 3 unspecified atom stereocenters. The van der Waals surface area contributed by atoms with E-state index in [9.17, 15) is 4.79 Å². The number of hydrogen-bond donors (Lipinski definition) is 1. The van der Waals surface area contributed by atoms with Crippen LogP contribution in [0.15, 0.2) is 24.3 Å². The Hall–Kier alpha value is -2.02. The van der Waals surface area contributed by atoms with E-state index in [1.807, 2.05) is 0 Å². The van der Waals surface area contributed by atoms with Gasteiger partial charge in [0.1, 0.15) is 5.75 Å². The van der Waals surface area contributed by atoms with Crippen LogP contribution in [0.1, 0.15) is 57.9 Å². The molecule has 4 nitrogen and oxygen atoms in total. The smallest absolute Gasteiger partial charge is 0.261 e. The predicted molar refractivity (Wildman–Crippen MR) is 90.0 cm³/mol. The van der Waals surface area contributed by atoms with Crippen LogP contribution < -0.4 is 10.1 Å². The van der Waals surface area contributed by atoms with Gasteiger partial charge in [-0.3, -0.25) is 4.79 Å². The fraction of sp³-hybridized carbons (Fsp3) is 0.579. The maximum Gasteiger partial charge on any atom is 0.261 e. The molecular formula is C19H26N2O2. The van der Waals surface area contributed by atoms with Gasteiger partial charge in [-0.1, -0.05) is 26.2 Å². The fourth-order valence-electron chi connectivity index (χ4n) is 3.20. The second-order valence-electron chi connectivity index (χ2n) is 6.34. The summed E-state index contributed by atoms with van der Waals surface area (Å²) in [5.74, 6) is 1.17. The number of rotatable bonds is 7. The van der Waals surface area contributed by atoms with Gasteiger partial charge in [-0.05, 0) is 56.4 Å². The van der Waals surface area contributed by atoms with E-state index in [0.29, 0.717) is 23.3 Å². The number of ether oxygens (including phenoxy) is 1. The topological polar surface area (TPSA) is 62.1 Å². The normalized spacial score (nSPS) is 21.4. The number of hydrogen-bond acceptors (Lipinski definition) is 3. The zero-order valence-electron chi connectivity index (χ0n) is 14.0. The summed E-state index contributed by atoms with van der Waals surface area (Å²) in [5, 5.41) is 12.0. The summed E-state index contributed by atoms with van der Waals surface area (Å²) in [6.45, 7) is 3.97. The van der Waals surface area contributed by atoms with Gasteiger partial charge in [0.25, 0.3) is 5.91 Å². The van der Waals surface area contributed by atoms with E-state index < -0.39 is 6.10 Å². The molecule has 1 aliphatic carbocycles.